The van der Waals surface area contributed by atoms with E-state index >= 15 is 0 Å². The van der Waals surface area contributed by atoms with Gasteiger partial charge in [-0.3, -0.25) is 0 Å². The van der Waals surface area contributed by atoms with Gasteiger partial charge in [-0.2, -0.15) is 0 Å². The average molecular weight is 171 g/mol. The van der Waals surface area contributed by atoms with Gasteiger partial charge < -0.3 is 0 Å². The van der Waals surface area contributed by atoms with Gasteiger partial charge in [0.2, 0.25) is 0 Å². The molecule has 62 valence electrons. The molecule has 0 N–H and O–H groups in total. The second-order valence-electron chi connectivity index (χ2n) is 2.71. The van der Waals surface area contributed by atoms with Crippen LogP contribution in [0.2, 0.25) is 0 Å². The summed E-state index contributed by atoms with van der Waals surface area (Å²) < 4.78 is 0. The van der Waals surface area contributed by atoms with Gasteiger partial charge >= 0.3 is 0 Å². The minimum atomic E-state index is 0.764. The summed E-state index contributed by atoms with van der Waals surface area (Å²) in [7, 11) is 0. The van der Waals surface area contributed by atoms with Crippen molar-refractivity contribution in [2.45, 2.75) is 27.2 Å². The van der Waals surface area contributed by atoms with Crippen molar-refractivity contribution in [2.75, 3.05) is 0 Å². The molecule has 0 rings (SSSR count). The van der Waals surface area contributed by atoms with E-state index in [0.29, 0.717) is 0 Å². The fourth-order valence-electron chi connectivity index (χ4n) is 0.902. The number of hydrogen-bond donors (Lipinski definition) is 0. The fraction of sp³-hybridized carbons (Fsp3) is 0.400. The summed E-state index contributed by atoms with van der Waals surface area (Å²) in [6.45, 7) is 13.6. The SMILES string of the molecule is C=C(C)/C(Cl)=C(/CC)C(=C)C. The zero-order valence-electron chi connectivity index (χ0n) is 7.50. The largest absolute Gasteiger partial charge is 0.0958 e. The Hall–Kier alpha value is -0.490. The lowest BCUT2D eigenvalue weighted by molar-refractivity contribution is 1.09. The molecule has 0 aromatic heterocycles. The van der Waals surface area contributed by atoms with Gasteiger partial charge in [0.15, 0.2) is 0 Å². The number of hydrogen-bond acceptors (Lipinski definition) is 0. The summed E-state index contributed by atoms with van der Waals surface area (Å²) in [6.07, 6.45) is 0.918. The van der Waals surface area contributed by atoms with Crippen molar-refractivity contribution < 1.29 is 0 Å². The smallest absolute Gasteiger partial charge is 0.0463 e. The highest BCUT2D eigenvalue weighted by Crippen LogP contribution is 2.24. The third-order valence-corrected chi connectivity index (χ3v) is 2.06. The Labute approximate surface area is 74.3 Å². The molecular formula is C10H15Cl. The first-order valence-corrected chi connectivity index (χ1v) is 4.08. The van der Waals surface area contributed by atoms with E-state index in [0.717, 1.165) is 28.2 Å². The van der Waals surface area contributed by atoms with Crippen molar-refractivity contribution in [1.82, 2.24) is 0 Å². The van der Waals surface area contributed by atoms with Crippen LogP contribution in [-0.2, 0) is 0 Å². The standard InChI is InChI=1S/C10H15Cl/c1-6-9(7(2)3)10(11)8(4)5/h2,4,6H2,1,3,5H3/b10-9+. The number of rotatable bonds is 3. The molecule has 0 nitrogen and oxygen atoms in total. The third kappa shape index (κ3) is 2.94. The molecule has 0 unspecified atom stereocenters. The molecule has 0 aliphatic carbocycles. The van der Waals surface area contributed by atoms with Crippen LogP contribution in [0.4, 0.5) is 0 Å². The highest BCUT2D eigenvalue weighted by molar-refractivity contribution is 6.32. The predicted molar refractivity (Wildman–Crippen MR) is 52.8 cm³/mol. The fourth-order valence-corrected chi connectivity index (χ4v) is 1.20. The summed E-state index contributed by atoms with van der Waals surface area (Å²) in [5, 5.41) is 0.764. The minimum absolute atomic E-state index is 0.764. The predicted octanol–water partition coefficient (Wildman–Crippen LogP) is 4.04. The molecule has 0 amide bonds. The number of halogens is 1. The van der Waals surface area contributed by atoms with Crippen LogP contribution in [0.5, 0.6) is 0 Å². The van der Waals surface area contributed by atoms with Crippen LogP contribution in [-0.4, -0.2) is 0 Å². The molecule has 0 aromatic carbocycles. The van der Waals surface area contributed by atoms with E-state index in [2.05, 4.69) is 20.1 Å². The zero-order chi connectivity index (χ0) is 9.02. The molecule has 0 heterocycles. The maximum Gasteiger partial charge on any atom is 0.0463 e. The summed E-state index contributed by atoms with van der Waals surface area (Å²) in [6, 6.07) is 0. The van der Waals surface area contributed by atoms with Crippen molar-refractivity contribution in [3.05, 3.63) is 34.9 Å². The Morgan fingerprint density at radius 3 is 1.73 bits per heavy atom. The Kier molecular flexibility index (Phi) is 4.20. The first-order valence-electron chi connectivity index (χ1n) is 3.71. The van der Waals surface area contributed by atoms with Gasteiger partial charge in [0, 0.05) is 5.03 Å². The van der Waals surface area contributed by atoms with Gasteiger partial charge in [0.05, 0.1) is 0 Å². The summed E-state index contributed by atoms with van der Waals surface area (Å²) in [5.41, 5.74) is 3.05. The van der Waals surface area contributed by atoms with Crippen LogP contribution in [0.25, 0.3) is 0 Å². The Morgan fingerprint density at radius 1 is 1.18 bits per heavy atom. The summed E-state index contributed by atoms with van der Waals surface area (Å²) >= 11 is 6.00. The molecule has 0 saturated carbocycles. The molecule has 0 aromatic rings. The monoisotopic (exact) mass is 170 g/mol. The van der Waals surface area contributed by atoms with Gasteiger partial charge in [-0.25, -0.2) is 0 Å². The Morgan fingerprint density at radius 2 is 1.64 bits per heavy atom. The molecule has 0 aliphatic rings. The van der Waals surface area contributed by atoms with E-state index in [-0.39, 0.29) is 0 Å². The molecule has 0 saturated heterocycles. The van der Waals surface area contributed by atoms with E-state index in [1.807, 2.05) is 13.8 Å². The van der Waals surface area contributed by atoms with Crippen molar-refractivity contribution >= 4 is 11.6 Å². The Bertz CT molecular complexity index is 209. The molecular weight excluding hydrogens is 156 g/mol. The van der Waals surface area contributed by atoms with E-state index < -0.39 is 0 Å². The van der Waals surface area contributed by atoms with Gasteiger partial charge in [-0.15, -0.1) is 0 Å². The molecule has 0 radical (unpaired) electrons. The Balaban J connectivity index is 4.83. The van der Waals surface area contributed by atoms with E-state index in [4.69, 9.17) is 11.6 Å². The van der Waals surface area contributed by atoms with Gasteiger partial charge in [0.25, 0.3) is 0 Å². The maximum absolute atomic E-state index is 6.00. The molecule has 11 heavy (non-hydrogen) atoms. The molecule has 0 atom stereocenters. The lowest BCUT2D eigenvalue weighted by Crippen LogP contribution is -1.87. The van der Waals surface area contributed by atoms with E-state index in [1.165, 1.54) is 0 Å². The van der Waals surface area contributed by atoms with Gasteiger partial charge in [-0.05, 0) is 31.4 Å². The quantitative estimate of drug-likeness (QED) is 0.561. The first kappa shape index (κ1) is 10.5. The topological polar surface area (TPSA) is 0 Å². The second kappa shape index (κ2) is 4.40. The van der Waals surface area contributed by atoms with Gasteiger partial charge in [-0.1, -0.05) is 37.3 Å². The van der Waals surface area contributed by atoms with Crippen LogP contribution >= 0.6 is 11.6 Å². The van der Waals surface area contributed by atoms with Crippen LogP contribution in [0.15, 0.2) is 34.9 Å². The lowest BCUT2D eigenvalue weighted by atomic mass is 10.0. The van der Waals surface area contributed by atoms with Crippen LogP contribution in [0.3, 0.4) is 0 Å². The van der Waals surface area contributed by atoms with Crippen molar-refractivity contribution in [3.63, 3.8) is 0 Å². The molecule has 0 spiro atoms. The normalized spacial score (nSPS) is 12.4. The molecule has 1 heteroatoms. The zero-order valence-corrected chi connectivity index (χ0v) is 8.26. The lowest BCUT2D eigenvalue weighted by Gasteiger charge is -2.07. The van der Waals surface area contributed by atoms with Crippen LogP contribution < -0.4 is 0 Å². The van der Waals surface area contributed by atoms with Crippen LogP contribution in [0, 0.1) is 0 Å². The number of allylic oxidation sites excluding steroid dienone is 4. The van der Waals surface area contributed by atoms with E-state index in [9.17, 15) is 0 Å². The highest BCUT2D eigenvalue weighted by atomic mass is 35.5. The third-order valence-electron chi connectivity index (χ3n) is 1.51. The molecule has 0 bridgehead atoms. The highest BCUT2D eigenvalue weighted by Gasteiger charge is 2.02. The van der Waals surface area contributed by atoms with E-state index in [1.54, 1.807) is 0 Å². The minimum Gasteiger partial charge on any atom is -0.0958 e. The first-order chi connectivity index (χ1) is 5.00. The van der Waals surface area contributed by atoms with Crippen molar-refractivity contribution in [1.29, 1.82) is 0 Å². The maximum atomic E-state index is 6.00. The summed E-state index contributed by atoms with van der Waals surface area (Å²) in [4.78, 5) is 0. The van der Waals surface area contributed by atoms with Crippen LogP contribution in [0.1, 0.15) is 27.2 Å². The van der Waals surface area contributed by atoms with Gasteiger partial charge in [0.1, 0.15) is 0 Å². The average Bonchev–Trinajstić information content (AvgIpc) is 1.88. The summed E-state index contributed by atoms with van der Waals surface area (Å²) in [5.74, 6) is 0. The molecule has 0 aliphatic heterocycles. The van der Waals surface area contributed by atoms with Crippen molar-refractivity contribution in [3.8, 4) is 0 Å². The van der Waals surface area contributed by atoms with Crippen molar-refractivity contribution in [2.24, 2.45) is 0 Å². The molecule has 0 fully saturated rings. The second-order valence-corrected chi connectivity index (χ2v) is 3.08.